The van der Waals surface area contributed by atoms with E-state index in [1.54, 1.807) is 11.3 Å². The van der Waals surface area contributed by atoms with E-state index in [2.05, 4.69) is 17.2 Å². The number of carbonyl (C=O) groups excluding carboxylic acids is 2. The van der Waals surface area contributed by atoms with Gasteiger partial charge in [0.25, 0.3) is 0 Å². The second-order valence-corrected chi connectivity index (χ2v) is 7.28. The van der Waals surface area contributed by atoms with Crippen LogP contribution in [0.3, 0.4) is 0 Å². The van der Waals surface area contributed by atoms with Crippen molar-refractivity contribution in [3.8, 4) is 0 Å². The van der Waals surface area contributed by atoms with E-state index < -0.39 is 0 Å². The summed E-state index contributed by atoms with van der Waals surface area (Å²) in [5.74, 6) is 0.121. The van der Waals surface area contributed by atoms with Crippen molar-refractivity contribution in [1.29, 1.82) is 0 Å². The average molecular weight is 337 g/mol. The summed E-state index contributed by atoms with van der Waals surface area (Å²) in [5.41, 5.74) is 1.02. The Hall–Kier alpha value is -1.43. The molecule has 1 aliphatic heterocycles. The number of hydrogen-bond donors (Lipinski definition) is 1. The number of amides is 2. The lowest BCUT2D eigenvalue weighted by Gasteiger charge is -2.31. The summed E-state index contributed by atoms with van der Waals surface area (Å²) in [6.07, 6.45) is 4.36. The Morgan fingerprint density at radius 2 is 2.17 bits per heavy atom. The molecule has 6 heteroatoms. The molecule has 0 aromatic carbocycles. The van der Waals surface area contributed by atoms with Crippen LogP contribution in [0.4, 0.5) is 0 Å². The molecule has 0 bridgehead atoms. The van der Waals surface area contributed by atoms with Crippen LogP contribution < -0.4 is 5.32 Å². The highest BCUT2D eigenvalue weighted by atomic mass is 32.1. The molecule has 0 radical (unpaired) electrons. The van der Waals surface area contributed by atoms with Crippen molar-refractivity contribution in [2.45, 2.75) is 59.4 Å². The largest absolute Gasteiger partial charge is 0.351 e. The zero-order chi connectivity index (χ0) is 16.8. The molecular weight excluding hydrogens is 310 g/mol. The van der Waals surface area contributed by atoms with Crippen molar-refractivity contribution in [3.63, 3.8) is 0 Å². The van der Waals surface area contributed by atoms with Crippen molar-refractivity contribution >= 4 is 23.2 Å². The highest BCUT2D eigenvalue weighted by molar-refractivity contribution is 7.11. The highest BCUT2D eigenvalue weighted by Crippen LogP contribution is 2.21. The van der Waals surface area contributed by atoms with E-state index in [-0.39, 0.29) is 17.7 Å². The number of carbonyl (C=O) groups is 2. The number of likely N-dealkylation sites (tertiary alicyclic amines) is 1. The summed E-state index contributed by atoms with van der Waals surface area (Å²) in [6, 6.07) is 0. The van der Waals surface area contributed by atoms with E-state index >= 15 is 0 Å². The third-order valence-corrected chi connectivity index (χ3v) is 5.49. The van der Waals surface area contributed by atoms with Gasteiger partial charge >= 0.3 is 0 Å². The Kier molecular flexibility index (Phi) is 6.57. The van der Waals surface area contributed by atoms with Crippen LogP contribution in [-0.4, -0.2) is 34.8 Å². The maximum absolute atomic E-state index is 12.4. The zero-order valence-corrected chi connectivity index (χ0v) is 15.2. The van der Waals surface area contributed by atoms with Crippen molar-refractivity contribution in [3.05, 3.63) is 15.6 Å². The Labute approximate surface area is 142 Å². The summed E-state index contributed by atoms with van der Waals surface area (Å²) in [4.78, 5) is 31.7. The maximum Gasteiger partial charge on any atom is 0.225 e. The number of aryl methyl sites for hydroxylation is 2. The van der Waals surface area contributed by atoms with Gasteiger partial charge in [-0.15, -0.1) is 11.3 Å². The number of aromatic nitrogens is 1. The molecule has 2 rings (SSSR count). The van der Waals surface area contributed by atoms with Crippen molar-refractivity contribution < 1.29 is 9.59 Å². The predicted molar refractivity (Wildman–Crippen MR) is 92.3 cm³/mol. The van der Waals surface area contributed by atoms with Crippen LogP contribution >= 0.6 is 11.3 Å². The van der Waals surface area contributed by atoms with Crippen LogP contribution in [0.15, 0.2) is 0 Å². The van der Waals surface area contributed by atoms with Gasteiger partial charge in [0.1, 0.15) is 0 Å². The monoisotopic (exact) mass is 337 g/mol. The van der Waals surface area contributed by atoms with Gasteiger partial charge in [0.15, 0.2) is 0 Å². The van der Waals surface area contributed by atoms with Crippen molar-refractivity contribution in [2.24, 2.45) is 5.92 Å². The van der Waals surface area contributed by atoms with Gasteiger partial charge < -0.3 is 10.2 Å². The average Bonchev–Trinajstić information content (AvgIpc) is 2.92. The highest BCUT2D eigenvalue weighted by Gasteiger charge is 2.27. The van der Waals surface area contributed by atoms with Crippen LogP contribution in [0.5, 0.6) is 0 Å². The lowest BCUT2D eigenvalue weighted by Crippen LogP contribution is -2.45. The van der Waals surface area contributed by atoms with Gasteiger partial charge in [0.2, 0.25) is 11.8 Å². The fourth-order valence-corrected chi connectivity index (χ4v) is 4.04. The summed E-state index contributed by atoms with van der Waals surface area (Å²) >= 11 is 1.69. The molecule has 1 aliphatic rings. The molecule has 2 heterocycles. The van der Waals surface area contributed by atoms with Gasteiger partial charge in [-0.1, -0.05) is 13.8 Å². The standard InChI is InChI=1S/C17H27N3O2S/c1-4-7-15-19-12(3)14(23-15)10-18-17(22)13-8-6-9-20(11-13)16(21)5-2/h13H,4-11H2,1-3H3,(H,18,22)/t13-/m0/s1. The molecule has 0 spiro atoms. The number of thiazole rings is 1. The number of hydrogen-bond acceptors (Lipinski definition) is 4. The summed E-state index contributed by atoms with van der Waals surface area (Å²) in [6.45, 7) is 7.90. The minimum Gasteiger partial charge on any atom is -0.351 e. The Balaban J connectivity index is 1.88. The molecule has 128 valence electrons. The van der Waals surface area contributed by atoms with E-state index in [1.807, 2.05) is 18.7 Å². The van der Waals surface area contributed by atoms with Gasteiger partial charge in [-0.05, 0) is 32.6 Å². The molecule has 1 fully saturated rings. The lowest BCUT2D eigenvalue weighted by molar-refractivity contribution is -0.135. The van der Waals surface area contributed by atoms with Gasteiger partial charge in [-0.2, -0.15) is 0 Å². The van der Waals surface area contributed by atoms with Crippen LogP contribution in [0.1, 0.15) is 55.1 Å². The molecule has 1 aromatic heterocycles. The van der Waals surface area contributed by atoms with Gasteiger partial charge in [0.05, 0.1) is 23.2 Å². The van der Waals surface area contributed by atoms with Crippen LogP contribution in [0.2, 0.25) is 0 Å². The minimum absolute atomic E-state index is 0.0587. The molecule has 1 saturated heterocycles. The SMILES string of the molecule is CCCc1nc(C)c(CNC(=O)[C@H]2CCCN(C(=O)CC)C2)s1. The second kappa shape index (κ2) is 8.43. The summed E-state index contributed by atoms with van der Waals surface area (Å²) in [5, 5.41) is 4.18. The molecule has 2 amide bonds. The van der Waals surface area contributed by atoms with E-state index in [0.29, 0.717) is 19.5 Å². The molecule has 5 nitrogen and oxygen atoms in total. The van der Waals surface area contributed by atoms with E-state index in [4.69, 9.17) is 0 Å². The number of nitrogens with one attached hydrogen (secondary N) is 1. The van der Waals surface area contributed by atoms with Gasteiger partial charge in [-0.25, -0.2) is 4.98 Å². The topological polar surface area (TPSA) is 62.3 Å². The molecule has 1 aromatic rings. The second-order valence-electron chi connectivity index (χ2n) is 6.12. The van der Waals surface area contributed by atoms with Gasteiger partial charge in [-0.3, -0.25) is 9.59 Å². The molecule has 1 atom stereocenters. The minimum atomic E-state index is -0.0809. The number of rotatable bonds is 6. The molecule has 23 heavy (non-hydrogen) atoms. The first-order chi connectivity index (χ1) is 11.0. The third kappa shape index (κ3) is 4.77. The van der Waals surface area contributed by atoms with Crippen molar-refractivity contribution in [2.75, 3.05) is 13.1 Å². The molecular formula is C17H27N3O2S. The molecule has 0 unspecified atom stereocenters. The predicted octanol–water partition coefficient (Wildman–Crippen LogP) is 2.67. The zero-order valence-electron chi connectivity index (χ0n) is 14.4. The Bertz CT molecular complexity index is 556. The number of nitrogens with zero attached hydrogens (tertiary/aromatic N) is 2. The van der Waals surface area contributed by atoms with Crippen molar-refractivity contribution in [1.82, 2.24) is 15.2 Å². The normalized spacial score (nSPS) is 18.0. The smallest absolute Gasteiger partial charge is 0.225 e. The Morgan fingerprint density at radius 1 is 1.39 bits per heavy atom. The van der Waals surface area contributed by atoms with E-state index in [9.17, 15) is 9.59 Å². The molecule has 0 saturated carbocycles. The van der Waals surface area contributed by atoms with E-state index in [0.717, 1.165) is 47.8 Å². The molecule has 1 N–H and O–H groups in total. The van der Waals surface area contributed by atoms with Crippen LogP contribution in [0.25, 0.3) is 0 Å². The maximum atomic E-state index is 12.4. The first kappa shape index (κ1) is 17.9. The van der Waals surface area contributed by atoms with E-state index in [1.165, 1.54) is 0 Å². The fraction of sp³-hybridized carbons (Fsp3) is 0.706. The van der Waals surface area contributed by atoms with Gasteiger partial charge in [0, 0.05) is 24.4 Å². The Morgan fingerprint density at radius 3 is 2.87 bits per heavy atom. The summed E-state index contributed by atoms with van der Waals surface area (Å²) in [7, 11) is 0. The molecule has 0 aliphatic carbocycles. The van der Waals surface area contributed by atoms with Crippen LogP contribution in [-0.2, 0) is 22.6 Å². The first-order valence-corrected chi connectivity index (χ1v) is 9.37. The fourth-order valence-electron chi connectivity index (χ4n) is 2.93. The third-order valence-electron chi connectivity index (χ3n) is 4.27. The van der Waals surface area contributed by atoms with Crippen LogP contribution in [0, 0.1) is 12.8 Å². The quantitative estimate of drug-likeness (QED) is 0.868. The first-order valence-electron chi connectivity index (χ1n) is 8.55. The summed E-state index contributed by atoms with van der Waals surface area (Å²) < 4.78 is 0. The lowest BCUT2D eigenvalue weighted by atomic mass is 9.97. The number of piperidine rings is 1.